The molecule has 1 aromatic carbocycles. The lowest BCUT2D eigenvalue weighted by molar-refractivity contribution is -0.146. The smallest absolute Gasteiger partial charge is 0.306 e. The van der Waals surface area contributed by atoms with Crippen molar-refractivity contribution in [1.82, 2.24) is 5.32 Å². The molecule has 25 heavy (non-hydrogen) atoms. The Morgan fingerprint density at radius 1 is 1.24 bits per heavy atom. The van der Waals surface area contributed by atoms with Crippen molar-refractivity contribution >= 4 is 34.9 Å². The number of benzene rings is 1. The third-order valence-corrected chi connectivity index (χ3v) is 3.06. The molecule has 7 nitrogen and oxygen atoms in total. The topological polar surface area (TPSA) is 85.9 Å². The molecule has 1 amide bonds. The van der Waals surface area contributed by atoms with E-state index in [4.69, 9.17) is 26.4 Å². The van der Waals surface area contributed by atoms with Crippen LogP contribution in [0.1, 0.15) is 12.8 Å². The first-order valence-corrected chi connectivity index (χ1v) is 8.05. The fraction of sp³-hybridized carbons (Fsp3) is 0.353. The average Bonchev–Trinajstić information content (AvgIpc) is 2.59. The molecule has 0 saturated heterocycles. The average molecular weight is 366 g/mol. The molecule has 0 aliphatic rings. The third kappa shape index (κ3) is 8.83. The Morgan fingerprint density at radius 2 is 2.00 bits per heavy atom. The van der Waals surface area contributed by atoms with Crippen LogP contribution in [-0.4, -0.2) is 43.9 Å². The minimum atomic E-state index is -0.464. The lowest BCUT2D eigenvalue weighted by Gasteiger charge is -2.13. The van der Waals surface area contributed by atoms with Crippen molar-refractivity contribution in [3.63, 3.8) is 0 Å². The molecule has 0 fully saturated rings. The Hall–Kier alpha value is -2.45. The Bertz CT molecular complexity index is 606. The first-order valence-electron chi connectivity index (χ1n) is 7.65. The first kappa shape index (κ1) is 20.6. The van der Waals surface area contributed by atoms with Crippen LogP contribution in [-0.2, 0) is 19.1 Å². The largest absolute Gasteiger partial charge is 0.487 e. The molecule has 0 bridgehead atoms. The van der Waals surface area contributed by atoms with Gasteiger partial charge >= 0.3 is 5.97 Å². The summed E-state index contributed by atoms with van der Waals surface area (Å²) in [6, 6.07) is 7.17. The van der Waals surface area contributed by atoms with E-state index in [2.05, 4.69) is 17.2 Å². The summed E-state index contributed by atoms with van der Waals surface area (Å²) in [6.45, 7) is 4.42. The number of esters is 1. The lowest BCUT2D eigenvalue weighted by Crippen LogP contribution is -2.34. The number of methoxy groups -OCH3 is 1. The predicted octanol–water partition coefficient (Wildman–Crippen LogP) is 2.03. The number of nitrogens with one attached hydrogen (secondary N) is 2. The Labute approximate surface area is 152 Å². The van der Waals surface area contributed by atoms with Crippen LogP contribution < -0.4 is 15.4 Å². The van der Waals surface area contributed by atoms with Gasteiger partial charge in [-0.25, -0.2) is 0 Å². The lowest BCUT2D eigenvalue weighted by atomic mass is 10.3. The summed E-state index contributed by atoms with van der Waals surface area (Å²) in [6.07, 6.45) is 1.57. The second-order valence-electron chi connectivity index (χ2n) is 4.81. The van der Waals surface area contributed by atoms with E-state index in [0.29, 0.717) is 24.7 Å². The molecule has 0 spiro atoms. The van der Waals surface area contributed by atoms with Gasteiger partial charge < -0.3 is 24.8 Å². The van der Waals surface area contributed by atoms with Gasteiger partial charge in [-0.2, -0.15) is 0 Å². The molecule has 0 aromatic heterocycles. The highest BCUT2D eigenvalue weighted by atomic mass is 32.1. The van der Waals surface area contributed by atoms with Crippen LogP contribution in [0.4, 0.5) is 5.69 Å². The highest BCUT2D eigenvalue weighted by molar-refractivity contribution is 7.80. The summed E-state index contributed by atoms with van der Waals surface area (Å²) in [5.41, 5.74) is 0.619. The Morgan fingerprint density at radius 3 is 2.72 bits per heavy atom. The van der Waals surface area contributed by atoms with E-state index in [1.807, 2.05) is 12.1 Å². The van der Waals surface area contributed by atoms with E-state index in [1.165, 1.54) is 7.11 Å². The first-order chi connectivity index (χ1) is 12.1. The number of para-hydroxylation sites is 2. The molecule has 0 atom stereocenters. The van der Waals surface area contributed by atoms with Crippen molar-refractivity contribution in [2.24, 2.45) is 0 Å². The maximum Gasteiger partial charge on any atom is 0.306 e. The van der Waals surface area contributed by atoms with Crippen LogP contribution in [0.2, 0.25) is 0 Å². The van der Waals surface area contributed by atoms with Crippen LogP contribution in [0.5, 0.6) is 5.75 Å². The molecule has 0 saturated carbocycles. The summed E-state index contributed by atoms with van der Waals surface area (Å²) >= 11 is 5.10. The van der Waals surface area contributed by atoms with Gasteiger partial charge in [0.2, 0.25) is 5.91 Å². The molecule has 136 valence electrons. The Kier molecular flexibility index (Phi) is 9.88. The SMILES string of the molecule is C=CCOc1ccccc1NC(=S)NC(=O)CCC(=O)OCCOC. The van der Waals surface area contributed by atoms with Crippen molar-refractivity contribution < 1.29 is 23.8 Å². The van der Waals surface area contributed by atoms with Crippen LogP contribution >= 0.6 is 12.2 Å². The number of ether oxygens (including phenoxy) is 3. The molecule has 1 aromatic rings. The van der Waals surface area contributed by atoms with Crippen molar-refractivity contribution in [3.05, 3.63) is 36.9 Å². The molecule has 8 heteroatoms. The van der Waals surface area contributed by atoms with E-state index in [1.54, 1.807) is 18.2 Å². The highest BCUT2D eigenvalue weighted by Crippen LogP contribution is 2.23. The number of carbonyl (C=O) groups is 2. The van der Waals surface area contributed by atoms with Crippen LogP contribution in [0.15, 0.2) is 36.9 Å². The molecular formula is C17H22N2O5S. The zero-order valence-corrected chi connectivity index (χ0v) is 14.9. The van der Waals surface area contributed by atoms with Gasteiger partial charge in [-0.3, -0.25) is 9.59 Å². The van der Waals surface area contributed by atoms with Crippen LogP contribution in [0.3, 0.4) is 0 Å². The summed E-state index contributed by atoms with van der Waals surface area (Å²) in [4.78, 5) is 23.2. The normalized spacial score (nSPS) is 9.80. The van der Waals surface area contributed by atoms with Gasteiger partial charge in [0.1, 0.15) is 19.0 Å². The van der Waals surface area contributed by atoms with E-state index in [0.717, 1.165) is 0 Å². The van der Waals surface area contributed by atoms with E-state index < -0.39 is 5.97 Å². The second-order valence-corrected chi connectivity index (χ2v) is 5.22. The zero-order chi connectivity index (χ0) is 18.5. The monoisotopic (exact) mass is 366 g/mol. The molecule has 1 rings (SSSR count). The van der Waals surface area contributed by atoms with E-state index in [-0.39, 0.29) is 30.5 Å². The fourth-order valence-corrected chi connectivity index (χ4v) is 1.94. The summed E-state index contributed by atoms with van der Waals surface area (Å²) < 4.78 is 15.1. The summed E-state index contributed by atoms with van der Waals surface area (Å²) in [7, 11) is 1.51. The van der Waals surface area contributed by atoms with Gasteiger partial charge in [-0.15, -0.1) is 0 Å². The molecule has 0 aliphatic carbocycles. The van der Waals surface area contributed by atoms with Gasteiger partial charge in [-0.05, 0) is 24.4 Å². The van der Waals surface area contributed by atoms with Crippen molar-refractivity contribution in [2.45, 2.75) is 12.8 Å². The minimum Gasteiger partial charge on any atom is -0.487 e. The number of rotatable bonds is 10. The van der Waals surface area contributed by atoms with E-state index >= 15 is 0 Å². The van der Waals surface area contributed by atoms with Gasteiger partial charge in [0.25, 0.3) is 0 Å². The zero-order valence-electron chi connectivity index (χ0n) is 14.1. The number of amides is 1. The number of thiocarbonyl (C=S) groups is 1. The summed E-state index contributed by atoms with van der Waals surface area (Å²) in [5, 5.41) is 5.51. The van der Waals surface area contributed by atoms with E-state index in [9.17, 15) is 9.59 Å². The maximum absolute atomic E-state index is 11.8. The number of hydrogen-bond acceptors (Lipinski definition) is 6. The van der Waals surface area contributed by atoms with Crippen LogP contribution in [0.25, 0.3) is 0 Å². The number of carbonyl (C=O) groups excluding carboxylic acids is 2. The number of hydrogen-bond donors (Lipinski definition) is 2. The second kappa shape index (κ2) is 12.0. The molecule has 2 N–H and O–H groups in total. The molecule has 0 radical (unpaired) electrons. The third-order valence-electron chi connectivity index (χ3n) is 2.85. The summed E-state index contributed by atoms with van der Waals surface area (Å²) in [5.74, 6) is -0.263. The van der Waals surface area contributed by atoms with Gasteiger partial charge in [0.15, 0.2) is 5.11 Å². The quantitative estimate of drug-likeness (QED) is 0.284. The predicted molar refractivity (Wildman–Crippen MR) is 98.6 cm³/mol. The molecule has 0 aliphatic heterocycles. The fourth-order valence-electron chi connectivity index (χ4n) is 1.71. The Balaban J connectivity index is 2.40. The standard InChI is InChI=1S/C17H22N2O5S/c1-3-10-23-14-7-5-4-6-13(14)18-17(25)19-15(20)8-9-16(21)24-12-11-22-2/h3-7H,1,8-12H2,2H3,(H2,18,19,20,25). The van der Waals surface area contributed by atoms with Crippen molar-refractivity contribution in [1.29, 1.82) is 0 Å². The van der Waals surface area contributed by atoms with Crippen molar-refractivity contribution in [3.8, 4) is 5.75 Å². The molecule has 0 unspecified atom stereocenters. The van der Waals surface area contributed by atoms with Crippen molar-refractivity contribution in [2.75, 3.05) is 32.2 Å². The molecule has 0 heterocycles. The minimum absolute atomic E-state index is 0.0255. The van der Waals surface area contributed by atoms with Gasteiger partial charge in [0, 0.05) is 13.5 Å². The maximum atomic E-state index is 11.8. The highest BCUT2D eigenvalue weighted by Gasteiger charge is 2.11. The number of anilines is 1. The van der Waals surface area contributed by atoms with Gasteiger partial charge in [0.05, 0.1) is 18.7 Å². The molecular weight excluding hydrogens is 344 g/mol. The van der Waals surface area contributed by atoms with Crippen LogP contribution in [0, 0.1) is 0 Å². The van der Waals surface area contributed by atoms with Gasteiger partial charge in [-0.1, -0.05) is 24.8 Å².